The SMILES string of the molecule is COCOc1cc(C(=O)OC)ccc1I. The summed E-state index contributed by atoms with van der Waals surface area (Å²) in [5, 5.41) is 0. The lowest BCUT2D eigenvalue weighted by Crippen LogP contribution is -2.04. The van der Waals surface area contributed by atoms with E-state index in [0.717, 1.165) is 3.57 Å². The van der Waals surface area contributed by atoms with Gasteiger partial charge in [0.25, 0.3) is 0 Å². The summed E-state index contributed by atoms with van der Waals surface area (Å²) in [7, 11) is 2.88. The van der Waals surface area contributed by atoms with E-state index in [4.69, 9.17) is 9.47 Å². The first-order valence-corrected chi connectivity index (χ1v) is 5.26. The molecule has 0 fully saturated rings. The molecule has 0 unspecified atom stereocenters. The molecular weight excluding hydrogens is 311 g/mol. The predicted octanol–water partition coefficient (Wildman–Crippen LogP) is 2.06. The molecule has 1 aromatic rings. The number of methoxy groups -OCH3 is 2. The lowest BCUT2D eigenvalue weighted by Gasteiger charge is -2.08. The van der Waals surface area contributed by atoms with E-state index in [1.54, 1.807) is 18.2 Å². The van der Waals surface area contributed by atoms with Crippen LogP contribution in [0.15, 0.2) is 18.2 Å². The number of ether oxygens (including phenoxy) is 3. The van der Waals surface area contributed by atoms with Gasteiger partial charge in [0.2, 0.25) is 0 Å². The molecule has 1 aromatic carbocycles. The molecule has 0 aromatic heterocycles. The maximum atomic E-state index is 11.2. The van der Waals surface area contributed by atoms with Crippen molar-refractivity contribution in [2.45, 2.75) is 0 Å². The Labute approximate surface area is 102 Å². The molecule has 0 radical (unpaired) electrons. The minimum absolute atomic E-state index is 0.153. The van der Waals surface area contributed by atoms with Crippen LogP contribution >= 0.6 is 22.6 Å². The van der Waals surface area contributed by atoms with Crippen LogP contribution in [0.2, 0.25) is 0 Å². The van der Waals surface area contributed by atoms with Gasteiger partial charge in [-0.3, -0.25) is 0 Å². The number of benzene rings is 1. The third-order valence-electron chi connectivity index (χ3n) is 1.68. The van der Waals surface area contributed by atoms with Crippen LogP contribution in [0.3, 0.4) is 0 Å². The fourth-order valence-corrected chi connectivity index (χ4v) is 1.47. The molecule has 0 aliphatic rings. The van der Waals surface area contributed by atoms with Crippen LogP contribution in [0.25, 0.3) is 0 Å². The molecule has 0 saturated carbocycles. The number of rotatable bonds is 4. The Hall–Kier alpha value is -0.820. The van der Waals surface area contributed by atoms with Crippen LogP contribution in [0.5, 0.6) is 5.75 Å². The summed E-state index contributed by atoms with van der Waals surface area (Å²) >= 11 is 2.12. The van der Waals surface area contributed by atoms with Gasteiger partial charge in [-0.2, -0.15) is 0 Å². The van der Waals surface area contributed by atoms with Crippen LogP contribution in [0.1, 0.15) is 10.4 Å². The summed E-state index contributed by atoms with van der Waals surface area (Å²) in [5.74, 6) is 0.231. The van der Waals surface area contributed by atoms with E-state index in [1.807, 2.05) is 0 Å². The highest BCUT2D eigenvalue weighted by Gasteiger charge is 2.09. The Morgan fingerprint density at radius 1 is 1.40 bits per heavy atom. The van der Waals surface area contributed by atoms with E-state index in [2.05, 4.69) is 27.3 Å². The van der Waals surface area contributed by atoms with Crippen LogP contribution in [0, 0.1) is 3.57 Å². The average Bonchev–Trinajstić information content (AvgIpc) is 2.27. The average molecular weight is 322 g/mol. The van der Waals surface area contributed by atoms with E-state index < -0.39 is 0 Å². The number of hydrogen-bond acceptors (Lipinski definition) is 4. The van der Waals surface area contributed by atoms with Gasteiger partial charge >= 0.3 is 5.97 Å². The van der Waals surface area contributed by atoms with Gasteiger partial charge in [-0.15, -0.1) is 0 Å². The lowest BCUT2D eigenvalue weighted by molar-refractivity contribution is 0.0498. The second-order valence-corrected chi connectivity index (χ2v) is 3.85. The molecule has 0 N–H and O–H groups in total. The first-order chi connectivity index (χ1) is 7.19. The van der Waals surface area contributed by atoms with Crippen molar-refractivity contribution >= 4 is 28.6 Å². The largest absolute Gasteiger partial charge is 0.466 e. The van der Waals surface area contributed by atoms with Gasteiger partial charge in [0.15, 0.2) is 6.79 Å². The second kappa shape index (κ2) is 5.92. The molecule has 4 nitrogen and oxygen atoms in total. The summed E-state index contributed by atoms with van der Waals surface area (Å²) in [6.45, 7) is 0.153. The molecule has 5 heteroatoms. The fourth-order valence-electron chi connectivity index (χ4n) is 0.981. The van der Waals surface area contributed by atoms with Crippen molar-refractivity contribution in [3.8, 4) is 5.75 Å². The van der Waals surface area contributed by atoms with Crippen LogP contribution in [-0.2, 0) is 9.47 Å². The van der Waals surface area contributed by atoms with Crippen molar-refractivity contribution in [3.05, 3.63) is 27.3 Å². The van der Waals surface area contributed by atoms with Gasteiger partial charge < -0.3 is 14.2 Å². The smallest absolute Gasteiger partial charge is 0.337 e. The van der Waals surface area contributed by atoms with Crippen molar-refractivity contribution in [2.75, 3.05) is 21.0 Å². The summed E-state index contributed by atoms with van der Waals surface area (Å²) in [6.07, 6.45) is 0. The molecular formula is C10H11IO4. The molecule has 0 spiro atoms. The summed E-state index contributed by atoms with van der Waals surface area (Å²) in [5.41, 5.74) is 0.462. The zero-order valence-electron chi connectivity index (χ0n) is 8.45. The fraction of sp³-hybridized carbons (Fsp3) is 0.300. The maximum Gasteiger partial charge on any atom is 0.337 e. The Bertz CT molecular complexity index is 351. The van der Waals surface area contributed by atoms with Crippen molar-refractivity contribution in [2.24, 2.45) is 0 Å². The first kappa shape index (κ1) is 12.3. The van der Waals surface area contributed by atoms with Crippen molar-refractivity contribution < 1.29 is 19.0 Å². The van der Waals surface area contributed by atoms with Crippen LogP contribution < -0.4 is 4.74 Å². The molecule has 1 rings (SSSR count). The number of carbonyl (C=O) groups is 1. The molecule has 0 aliphatic heterocycles. The highest BCUT2D eigenvalue weighted by Crippen LogP contribution is 2.22. The Kier molecular flexibility index (Phi) is 4.83. The highest BCUT2D eigenvalue weighted by molar-refractivity contribution is 14.1. The van der Waals surface area contributed by atoms with Crippen LogP contribution in [0.4, 0.5) is 0 Å². The number of carbonyl (C=O) groups excluding carboxylic acids is 1. The van der Waals surface area contributed by atoms with E-state index in [0.29, 0.717) is 11.3 Å². The molecule has 0 atom stereocenters. The molecule has 0 aliphatic carbocycles. The monoisotopic (exact) mass is 322 g/mol. The highest BCUT2D eigenvalue weighted by atomic mass is 127. The van der Waals surface area contributed by atoms with Gasteiger partial charge in [-0.25, -0.2) is 4.79 Å². The Morgan fingerprint density at radius 2 is 2.13 bits per heavy atom. The molecule has 0 heterocycles. The molecule has 15 heavy (non-hydrogen) atoms. The maximum absolute atomic E-state index is 11.2. The zero-order valence-corrected chi connectivity index (χ0v) is 10.6. The van der Waals surface area contributed by atoms with E-state index in [1.165, 1.54) is 14.2 Å². The van der Waals surface area contributed by atoms with Crippen LogP contribution in [-0.4, -0.2) is 27.0 Å². The van der Waals surface area contributed by atoms with E-state index in [9.17, 15) is 4.79 Å². The minimum atomic E-state index is -0.381. The summed E-state index contributed by atoms with van der Waals surface area (Å²) in [6, 6.07) is 5.11. The zero-order chi connectivity index (χ0) is 11.3. The third-order valence-corrected chi connectivity index (χ3v) is 2.58. The van der Waals surface area contributed by atoms with E-state index >= 15 is 0 Å². The second-order valence-electron chi connectivity index (χ2n) is 2.69. The minimum Gasteiger partial charge on any atom is -0.466 e. The Morgan fingerprint density at radius 3 is 2.73 bits per heavy atom. The normalized spacial score (nSPS) is 9.80. The van der Waals surface area contributed by atoms with Gasteiger partial charge in [0, 0.05) is 7.11 Å². The molecule has 0 bridgehead atoms. The predicted molar refractivity (Wildman–Crippen MR) is 63.0 cm³/mol. The van der Waals surface area contributed by atoms with Gasteiger partial charge in [0.1, 0.15) is 5.75 Å². The number of halogens is 1. The van der Waals surface area contributed by atoms with Gasteiger partial charge in [-0.1, -0.05) is 0 Å². The number of hydrogen-bond donors (Lipinski definition) is 0. The standard InChI is InChI=1S/C10H11IO4/c1-13-6-15-9-5-7(10(12)14-2)3-4-8(9)11/h3-5H,6H2,1-2H3. The first-order valence-electron chi connectivity index (χ1n) is 4.18. The molecule has 0 amide bonds. The Balaban J connectivity index is 2.89. The van der Waals surface area contributed by atoms with Crippen molar-refractivity contribution in [3.63, 3.8) is 0 Å². The molecule has 0 saturated heterocycles. The number of esters is 1. The van der Waals surface area contributed by atoms with Crippen molar-refractivity contribution in [1.82, 2.24) is 0 Å². The molecule has 82 valence electrons. The van der Waals surface area contributed by atoms with Gasteiger partial charge in [0.05, 0.1) is 16.2 Å². The lowest BCUT2D eigenvalue weighted by atomic mass is 10.2. The third kappa shape index (κ3) is 3.35. The topological polar surface area (TPSA) is 44.8 Å². The van der Waals surface area contributed by atoms with E-state index in [-0.39, 0.29) is 12.8 Å². The summed E-state index contributed by atoms with van der Waals surface area (Å²) in [4.78, 5) is 11.2. The van der Waals surface area contributed by atoms with Crippen molar-refractivity contribution in [1.29, 1.82) is 0 Å². The quantitative estimate of drug-likeness (QED) is 0.484. The van der Waals surface area contributed by atoms with Gasteiger partial charge in [-0.05, 0) is 40.8 Å². The summed E-state index contributed by atoms with van der Waals surface area (Å²) < 4.78 is 15.6.